The molecule has 1 rings (SSSR count). The lowest BCUT2D eigenvalue weighted by molar-refractivity contribution is -0.124. The normalized spacial score (nSPS) is 12.4. The van der Waals surface area contributed by atoms with Crippen molar-refractivity contribution in [2.24, 2.45) is 10.7 Å². The molecule has 0 saturated carbocycles. The number of aliphatic hydroxyl groups is 1. The summed E-state index contributed by atoms with van der Waals surface area (Å²) in [7, 11) is 0. The minimum Gasteiger partial charge on any atom is -0.389 e. The van der Waals surface area contributed by atoms with Gasteiger partial charge in [-0.2, -0.15) is 0 Å². The first-order chi connectivity index (χ1) is 13.4. The predicted molar refractivity (Wildman–Crippen MR) is 114 cm³/mol. The van der Waals surface area contributed by atoms with Gasteiger partial charge in [0, 0.05) is 25.1 Å². The number of carbonyl (C=O) groups is 1. The maximum atomic E-state index is 10.9. The zero-order valence-corrected chi connectivity index (χ0v) is 16.0. The highest BCUT2D eigenvalue weighted by molar-refractivity contribution is 5.90. The number of hydrogen-bond donors (Lipinski definition) is 4. The van der Waals surface area contributed by atoms with Crippen LogP contribution >= 0.6 is 0 Å². The fraction of sp³-hybridized carbons (Fsp3) is 0.182. The fourth-order valence-electron chi connectivity index (χ4n) is 1.61. The van der Waals surface area contributed by atoms with Crippen LogP contribution in [0, 0.1) is 12.3 Å². The van der Waals surface area contributed by atoms with Gasteiger partial charge in [-0.1, -0.05) is 42.5 Å². The van der Waals surface area contributed by atoms with E-state index in [0.717, 1.165) is 11.1 Å². The molecule has 0 aromatic heterocycles. The summed E-state index contributed by atoms with van der Waals surface area (Å²) in [4.78, 5) is 15.0. The van der Waals surface area contributed by atoms with Crippen molar-refractivity contribution in [3.8, 4) is 12.3 Å². The third-order valence-electron chi connectivity index (χ3n) is 3.05. The molecule has 0 spiro atoms. The van der Waals surface area contributed by atoms with E-state index in [-0.39, 0.29) is 6.10 Å². The molecule has 1 atom stereocenters. The van der Waals surface area contributed by atoms with Crippen LogP contribution in [0.1, 0.15) is 24.5 Å². The second-order valence-corrected chi connectivity index (χ2v) is 5.50. The molecule has 0 aliphatic rings. The molecule has 148 valence electrons. The van der Waals surface area contributed by atoms with Gasteiger partial charge in [-0.15, -0.1) is 18.9 Å². The molecule has 1 amide bonds. The smallest absolute Gasteiger partial charge is 0.267 e. The Bertz CT molecular complexity index is 752. The molecule has 6 nitrogen and oxygen atoms in total. The van der Waals surface area contributed by atoms with E-state index < -0.39 is 5.91 Å². The number of amidine groups is 1. The van der Waals surface area contributed by atoms with Gasteiger partial charge in [-0.3, -0.25) is 10.0 Å². The number of benzene rings is 1. The SMILES string of the molecule is C#CC/C=C/C=C/N=C(N)Cc1ccc(/C=C/C(=O)NO)cc1.C=CC(C)O. The van der Waals surface area contributed by atoms with E-state index in [1.165, 1.54) is 17.6 Å². The molecule has 1 aromatic rings. The number of amides is 1. The maximum absolute atomic E-state index is 10.9. The summed E-state index contributed by atoms with van der Waals surface area (Å²) in [6.45, 7) is 4.97. The number of hydrogen-bond acceptors (Lipinski definition) is 4. The van der Waals surface area contributed by atoms with Crippen molar-refractivity contribution < 1.29 is 15.1 Å². The molecule has 0 radical (unpaired) electrons. The summed E-state index contributed by atoms with van der Waals surface area (Å²) in [5.74, 6) is 2.42. The maximum Gasteiger partial charge on any atom is 0.267 e. The van der Waals surface area contributed by atoms with E-state index in [1.54, 1.807) is 25.3 Å². The Morgan fingerprint density at radius 2 is 2.04 bits per heavy atom. The van der Waals surface area contributed by atoms with Gasteiger partial charge >= 0.3 is 0 Å². The number of aliphatic imine (C=N–C) groups is 1. The van der Waals surface area contributed by atoms with Gasteiger partial charge in [0.25, 0.3) is 5.91 Å². The molecule has 0 heterocycles. The quantitative estimate of drug-likeness (QED) is 0.0811. The van der Waals surface area contributed by atoms with Crippen LogP contribution in [0.2, 0.25) is 0 Å². The number of terminal acetylenes is 1. The highest BCUT2D eigenvalue weighted by Crippen LogP contribution is 2.07. The van der Waals surface area contributed by atoms with E-state index in [0.29, 0.717) is 18.7 Å². The number of allylic oxidation sites excluding steroid dienone is 3. The van der Waals surface area contributed by atoms with Crippen molar-refractivity contribution in [2.75, 3.05) is 0 Å². The van der Waals surface area contributed by atoms with Crippen LogP contribution in [0.25, 0.3) is 6.08 Å². The van der Waals surface area contributed by atoms with Crippen molar-refractivity contribution in [1.29, 1.82) is 0 Å². The van der Waals surface area contributed by atoms with Crippen LogP contribution in [0.15, 0.2) is 72.4 Å². The summed E-state index contributed by atoms with van der Waals surface area (Å²) >= 11 is 0. The molecule has 0 bridgehead atoms. The average Bonchev–Trinajstić information content (AvgIpc) is 2.70. The Hall–Kier alpha value is -3.40. The first-order valence-electron chi connectivity index (χ1n) is 8.51. The van der Waals surface area contributed by atoms with Gasteiger partial charge in [0.05, 0.1) is 6.10 Å². The van der Waals surface area contributed by atoms with Gasteiger partial charge in [-0.25, -0.2) is 10.5 Å². The second-order valence-electron chi connectivity index (χ2n) is 5.50. The summed E-state index contributed by atoms with van der Waals surface area (Å²) in [6, 6.07) is 7.50. The Balaban J connectivity index is 0.00000129. The zero-order chi connectivity index (χ0) is 21.2. The lowest BCUT2D eigenvalue weighted by Crippen LogP contribution is -2.14. The first kappa shape index (κ1) is 24.6. The van der Waals surface area contributed by atoms with Gasteiger partial charge in [0.2, 0.25) is 0 Å². The molecule has 1 unspecified atom stereocenters. The molecule has 0 aliphatic heterocycles. The summed E-state index contributed by atoms with van der Waals surface area (Å²) < 4.78 is 0. The molecular formula is C22H27N3O3. The topological polar surface area (TPSA) is 108 Å². The number of nitrogens with zero attached hydrogens (tertiary/aromatic N) is 1. The first-order valence-corrected chi connectivity index (χ1v) is 8.51. The fourth-order valence-corrected chi connectivity index (χ4v) is 1.61. The lowest BCUT2D eigenvalue weighted by Gasteiger charge is -2.01. The van der Waals surface area contributed by atoms with Crippen LogP contribution in [0.4, 0.5) is 0 Å². The summed E-state index contributed by atoms with van der Waals surface area (Å²) in [6.07, 6.45) is 17.2. The lowest BCUT2D eigenvalue weighted by atomic mass is 10.1. The van der Waals surface area contributed by atoms with Crippen molar-refractivity contribution in [2.45, 2.75) is 25.9 Å². The zero-order valence-electron chi connectivity index (χ0n) is 16.0. The third kappa shape index (κ3) is 13.8. The minimum atomic E-state index is -0.575. The number of nitrogens with two attached hydrogens (primary N) is 1. The number of aliphatic hydroxyl groups excluding tert-OH is 1. The van der Waals surface area contributed by atoms with Crippen molar-refractivity contribution >= 4 is 17.8 Å². The summed E-state index contributed by atoms with van der Waals surface area (Å²) in [5, 5.41) is 16.6. The standard InChI is InChI=1S/C18H19N3O2.C4H8O/c1-2-3-4-5-6-13-20-17(19)14-16-9-7-15(8-10-16)11-12-18(22)21-23;1-3-4(2)5/h1,4-13,23H,3,14H2,(H2,19,20)(H,21,22);3-5H,1H2,2H3/b5-4+,12-11+,13-6+;. The number of hydroxylamine groups is 1. The highest BCUT2D eigenvalue weighted by Gasteiger charge is 1.97. The van der Waals surface area contributed by atoms with Gasteiger partial charge in [0.1, 0.15) is 5.84 Å². The monoisotopic (exact) mass is 381 g/mol. The van der Waals surface area contributed by atoms with Gasteiger partial charge < -0.3 is 10.8 Å². The number of rotatable bonds is 8. The average molecular weight is 381 g/mol. The van der Waals surface area contributed by atoms with Crippen LogP contribution < -0.4 is 11.2 Å². The van der Waals surface area contributed by atoms with Gasteiger partial charge in [0.15, 0.2) is 0 Å². The van der Waals surface area contributed by atoms with Crippen LogP contribution in [-0.2, 0) is 11.2 Å². The molecule has 0 saturated heterocycles. The molecule has 5 N–H and O–H groups in total. The van der Waals surface area contributed by atoms with E-state index in [2.05, 4.69) is 17.5 Å². The number of carbonyl (C=O) groups excluding carboxylic acids is 1. The van der Waals surface area contributed by atoms with Crippen LogP contribution in [-0.4, -0.2) is 28.2 Å². The minimum absolute atomic E-state index is 0.352. The van der Waals surface area contributed by atoms with Crippen molar-refractivity contribution in [3.05, 3.63) is 78.6 Å². The van der Waals surface area contributed by atoms with Crippen molar-refractivity contribution in [3.63, 3.8) is 0 Å². The third-order valence-corrected chi connectivity index (χ3v) is 3.05. The Morgan fingerprint density at radius 3 is 2.57 bits per heavy atom. The van der Waals surface area contributed by atoms with E-state index >= 15 is 0 Å². The van der Waals surface area contributed by atoms with Crippen molar-refractivity contribution in [1.82, 2.24) is 5.48 Å². The van der Waals surface area contributed by atoms with E-state index in [4.69, 9.17) is 22.5 Å². The Labute approximate surface area is 166 Å². The van der Waals surface area contributed by atoms with E-state index in [9.17, 15) is 4.79 Å². The van der Waals surface area contributed by atoms with E-state index in [1.807, 2.05) is 36.4 Å². The molecule has 0 fully saturated rings. The van der Waals surface area contributed by atoms with Gasteiger partial charge in [-0.05, 0) is 30.2 Å². The predicted octanol–water partition coefficient (Wildman–Crippen LogP) is 2.75. The highest BCUT2D eigenvalue weighted by atomic mass is 16.5. The van der Waals surface area contributed by atoms with Crippen LogP contribution in [0.5, 0.6) is 0 Å². The summed E-state index contributed by atoms with van der Waals surface area (Å²) in [5.41, 5.74) is 9.22. The molecule has 28 heavy (non-hydrogen) atoms. The molecule has 0 aliphatic carbocycles. The largest absolute Gasteiger partial charge is 0.389 e. The molecule has 1 aromatic carbocycles. The Morgan fingerprint density at radius 1 is 1.39 bits per heavy atom. The number of nitrogens with one attached hydrogen (secondary N) is 1. The Kier molecular flexibility index (Phi) is 13.9. The molecule has 6 heteroatoms. The second kappa shape index (κ2) is 15.8. The molecular weight excluding hydrogens is 354 g/mol. The van der Waals surface area contributed by atoms with Crippen LogP contribution in [0.3, 0.4) is 0 Å².